The van der Waals surface area contributed by atoms with Gasteiger partial charge in [-0.15, -0.1) is 11.3 Å². The summed E-state index contributed by atoms with van der Waals surface area (Å²) in [6.45, 7) is 3.36. The monoisotopic (exact) mass is 277 g/mol. The topological polar surface area (TPSA) is 12.0 Å². The first-order valence-corrected chi connectivity index (χ1v) is 9.05. The van der Waals surface area contributed by atoms with Crippen molar-refractivity contribution in [3.8, 4) is 0 Å². The van der Waals surface area contributed by atoms with E-state index in [4.69, 9.17) is 0 Å². The summed E-state index contributed by atoms with van der Waals surface area (Å²) in [6, 6.07) is 3.17. The van der Waals surface area contributed by atoms with Crippen LogP contribution in [-0.2, 0) is 12.8 Å². The fourth-order valence-electron chi connectivity index (χ4n) is 3.87. The summed E-state index contributed by atoms with van der Waals surface area (Å²) < 4.78 is 0. The molecule has 0 aliphatic heterocycles. The van der Waals surface area contributed by atoms with Gasteiger partial charge in [-0.2, -0.15) is 0 Å². The first-order valence-electron chi connectivity index (χ1n) is 8.23. The predicted molar refractivity (Wildman–Crippen MR) is 84.0 cm³/mol. The number of nitrogens with one attached hydrogen (secondary N) is 1. The lowest BCUT2D eigenvalue weighted by Gasteiger charge is -2.26. The van der Waals surface area contributed by atoms with Crippen molar-refractivity contribution < 1.29 is 0 Å². The molecular weight excluding hydrogens is 250 g/mol. The normalized spacial score (nSPS) is 22.2. The molecule has 1 nitrogen and oxygen atoms in total. The molecule has 1 aromatic heterocycles. The first kappa shape index (κ1) is 13.6. The van der Waals surface area contributed by atoms with Crippen molar-refractivity contribution in [2.75, 3.05) is 6.54 Å². The van der Waals surface area contributed by atoms with Crippen molar-refractivity contribution in [2.24, 2.45) is 5.92 Å². The molecule has 19 heavy (non-hydrogen) atoms. The van der Waals surface area contributed by atoms with Crippen molar-refractivity contribution in [1.29, 1.82) is 0 Å². The Morgan fingerprint density at radius 1 is 1.16 bits per heavy atom. The molecule has 0 spiro atoms. The Morgan fingerprint density at radius 3 is 2.63 bits per heavy atom. The van der Waals surface area contributed by atoms with Crippen LogP contribution in [0.2, 0.25) is 0 Å². The lowest BCUT2D eigenvalue weighted by atomic mass is 9.90. The van der Waals surface area contributed by atoms with E-state index in [0.717, 1.165) is 12.5 Å². The molecule has 1 atom stereocenters. The highest BCUT2D eigenvalue weighted by molar-refractivity contribution is 7.12. The van der Waals surface area contributed by atoms with Crippen molar-refractivity contribution in [2.45, 2.75) is 70.8 Å². The molecule has 1 unspecified atom stereocenters. The average Bonchev–Trinajstić information content (AvgIpc) is 2.88. The van der Waals surface area contributed by atoms with E-state index < -0.39 is 0 Å². The smallest absolute Gasteiger partial charge is 0.0443 e. The van der Waals surface area contributed by atoms with Crippen molar-refractivity contribution >= 4 is 11.3 Å². The Bertz CT molecular complexity index is 380. The number of aryl methyl sites for hydroxylation is 2. The highest BCUT2D eigenvalue weighted by atomic mass is 32.1. The Balaban J connectivity index is 1.78. The van der Waals surface area contributed by atoms with Gasteiger partial charge in [0.2, 0.25) is 0 Å². The highest BCUT2D eigenvalue weighted by Gasteiger charge is 2.26. The van der Waals surface area contributed by atoms with E-state index in [0.29, 0.717) is 6.04 Å². The molecule has 1 fully saturated rings. The zero-order chi connectivity index (χ0) is 13.1. The van der Waals surface area contributed by atoms with Crippen LogP contribution in [0.3, 0.4) is 0 Å². The molecule has 0 radical (unpaired) electrons. The molecule has 1 heterocycles. The number of hydrogen-bond acceptors (Lipinski definition) is 2. The minimum Gasteiger partial charge on any atom is -0.309 e. The zero-order valence-electron chi connectivity index (χ0n) is 12.2. The van der Waals surface area contributed by atoms with E-state index in [1.807, 2.05) is 0 Å². The van der Waals surface area contributed by atoms with E-state index in [9.17, 15) is 0 Å². The first-order chi connectivity index (χ1) is 9.38. The highest BCUT2D eigenvalue weighted by Crippen LogP contribution is 2.40. The van der Waals surface area contributed by atoms with Crippen LogP contribution >= 0.6 is 11.3 Å². The lowest BCUT2D eigenvalue weighted by molar-refractivity contribution is 0.334. The molecule has 0 amide bonds. The van der Waals surface area contributed by atoms with Crippen molar-refractivity contribution in [1.82, 2.24) is 5.32 Å². The summed E-state index contributed by atoms with van der Waals surface area (Å²) in [4.78, 5) is 3.32. The van der Waals surface area contributed by atoms with Crippen LogP contribution in [0, 0.1) is 5.92 Å². The predicted octanol–water partition coefficient (Wildman–Crippen LogP) is 4.86. The van der Waals surface area contributed by atoms with Gasteiger partial charge in [-0.25, -0.2) is 0 Å². The zero-order valence-corrected chi connectivity index (χ0v) is 13.0. The van der Waals surface area contributed by atoms with Crippen LogP contribution < -0.4 is 5.32 Å². The second kappa shape index (κ2) is 6.41. The van der Waals surface area contributed by atoms with Gasteiger partial charge in [0.1, 0.15) is 0 Å². The maximum atomic E-state index is 3.80. The minimum absolute atomic E-state index is 0.638. The van der Waals surface area contributed by atoms with Crippen LogP contribution in [0.15, 0.2) is 6.07 Å². The average molecular weight is 277 g/mol. The van der Waals surface area contributed by atoms with Gasteiger partial charge in [-0.05, 0) is 56.2 Å². The van der Waals surface area contributed by atoms with E-state index in [1.54, 1.807) is 15.3 Å². The Kier molecular flexibility index (Phi) is 4.60. The molecular formula is C17H27NS. The maximum Gasteiger partial charge on any atom is 0.0443 e. The van der Waals surface area contributed by atoms with Gasteiger partial charge in [-0.3, -0.25) is 0 Å². The van der Waals surface area contributed by atoms with Gasteiger partial charge >= 0.3 is 0 Å². The van der Waals surface area contributed by atoms with Crippen LogP contribution in [0.25, 0.3) is 0 Å². The third-order valence-corrected chi connectivity index (χ3v) is 6.19. The second-order valence-electron chi connectivity index (χ2n) is 6.24. The van der Waals surface area contributed by atoms with E-state index >= 15 is 0 Å². The van der Waals surface area contributed by atoms with Crippen LogP contribution in [0.5, 0.6) is 0 Å². The maximum absolute atomic E-state index is 3.80. The van der Waals surface area contributed by atoms with Gasteiger partial charge in [0.25, 0.3) is 0 Å². The molecule has 106 valence electrons. The molecule has 2 heteroatoms. The molecule has 0 bridgehead atoms. The Morgan fingerprint density at radius 2 is 1.95 bits per heavy atom. The summed E-state index contributed by atoms with van der Waals surface area (Å²) in [5.41, 5.74) is 1.66. The van der Waals surface area contributed by atoms with Gasteiger partial charge in [0.15, 0.2) is 0 Å². The number of rotatable bonds is 4. The minimum atomic E-state index is 0.638. The van der Waals surface area contributed by atoms with E-state index in [1.165, 1.54) is 57.8 Å². The van der Waals surface area contributed by atoms with Gasteiger partial charge in [-0.1, -0.05) is 32.6 Å². The van der Waals surface area contributed by atoms with Crippen molar-refractivity contribution in [3.63, 3.8) is 0 Å². The summed E-state index contributed by atoms with van der Waals surface area (Å²) >= 11 is 2.11. The van der Waals surface area contributed by atoms with Crippen LogP contribution in [0.4, 0.5) is 0 Å². The number of thiophene rings is 1. The third-order valence-electron chi connectivity index (χ3n) is 4.87. The molecule has 1 N–H and O–H groups in total. The van der Waals surface area contributed by atoms with E-state index in [-0.39, 0.29) is 0 Å². The number of hydrogen-bond donors (Lipinski definition) is 1. The standard InChI is InChI=1S/C17H27NS/c1-2-18-17(13-8-5-3-4-6-9-13)16-12-14-10-7-11-15(14)19-16/h12-13,17-18H,2-11H2,1H3. The molecule has 0 saturated heterocycles. The molecule has 0 aromatic carbocycles. The lowest BCUT2D eigenvalue weighted by Crippen LogP contribution is -2.27. The van der Waals surface area contributed by atoms with Gasteiger partial charge < -0.3 is 5.32 Å². The number of fused-ring (bicyclic) bond motifs is 1. The van der Waals surface area contributed by atoms with Gasteiger partial charge in [0.05, 0.1) is 0 Å². The van der Waals surface area contributed by atoms with E-state index in [2.05, 4.69) is 29.6 Å². The largest absolute Gasteiger partial charge is 0.309 e. The quantitative estimate of drug-likeness (QED) is 0.775. The molecule has 1 aromatic rings. The second-order valence-corrected chi connectivity index (χ2v) is 7.41. The Hall–Kier alpha value is -0.340. The third kappa shape index (κ3) is 3.05. The SMILES string of the molecule is CCNC(c1cc2c(s1)CCC2)C1CCCCCC1. The molecule has 3 rings (SSSR count). The summed E-state index contributed by atoms with van der Waals surface area (Å²) in [5, 5.41) is 3.80. The van der Waals surface area contributed by atoms with Crippen LogP contribution in [-0.4, -0.2) is 6.54 Å². The van der Waals surface area contributed by atoms with Crippen molar-refractivity contribution in [3.05, 3.63) is 21.4 Å². The summed E-state index contributed by atoms with van der Waals surface area (Å²) in [7, 11) is 0. The Labute approximate surface area is 121 Å². The summed E-state index contributed by atoms with van der Waals surface area (Å²) in [6.07, 6.45) is 12.7. The van der Waals surface area contributed by atoms with Crippen LogP contribution in [0.1, 0.15) is 73.2 Å². The molecule has 2 aliphatic carbocycles. The van der Waals surface area contributed by atoms with Gasteiger partial charge in [0, 0.05) is 15.8 Å². The fourth-order valence-corrected chi connectivity index (χ4v) is 5.30. The molecule has 2 aliphatic rings. The fraction of sp³-hybridized carbons (Fsp3) is 0.765. The molecule has 1 saturated carbocycles. The summed E-state index contributed by atoms with van der Waals surface area (Å²) in [5.74, 6) is 0.876.